The third-order valence-corrected chi connectivity index (χ3v) is 5.30. The van der Waals surface area contributed by atoms with Gasteiger partial charge in [-0.2, -0.15) is 0 Å². The van der Waals surface area contributed by atoms with Gasteiger partial charge in [0.15, 0.2) is 0 Å². The van der Waals surface area contributed by atoms with Gasteiger partial charge in [0.2, 0.25) is 0 Å². The second-order valence-electron chi connectivity index (χ2n) is 8.10. The molecule has 4 aromatic heterocycles. The van der Waals surface area contributed by atoms with E-state index < -0.39 is 0 Å². The number of aryl methyl sites for hydroxylation is 2. The molecule has 2 aromatic carbocycles. The number of fused-ring (bicyclic) bond motifs is 2. The maximum Gasteiger partial charge on any atom is 2.00 e. The van der Waals surface area contributed by atoms with Crippen LogP contribution in [0.15, 0.2) is 104 Å². The Balaban J connectivity index is 0.000000176. The van der Waals surface area contributed by atoms with Crippen molar-refractivity contribution in [3.05, 3.63) is 119 Å². The summed E-state index contributed by atoms with van der Waals surface area (Å²) in [6.07, 6.45) is 6.51. The first kappa shape index (κ1) is 27.2. The molecule has 11 heteroatoms. The summed E-state index contributed by atoms with van der Waals surface area (Å²) >= 11 is 0. The zero-order valence-corrected chi connectivity index (χ0v) is 21.9. The topological polar surface area (TPSA) is 131 Å². The van der Waals surface area contributed by atoms with E-state index in [1.165, 1.54) is 0 Å². The zero-order valence-electron chi connectivity index (χ0n) is 20.9. The van der Waals surface area contributed by atoms with Crippen LogP contribution < -0.4 is 0 Å². The first-order chi connectivity index (χ1) is 18.7. The predicted octanol–water partition coefficient (Wildman–Crippen LogP) is 7.14. The molecular formula is C28H22N8NiO2. The maximum absolute atomic E-state index is 5.36. The van der Waals surface area contributed by atoms with E-state index >= 15 is 0 Å². The Bertz CT molecular complexity index is 1590. The summed E-state index contributed by atoms with van der Waals surface area (Å²) in [7, 11) is 0. The summed E-state index contributed by atoms with van der Waals surface area (Å²) in [5.74, 6) is 4.00. The standard InChI is InChI=1S/2C14H11N4O.Ni/c2*1-10-6-7-12(19-10)9-16-18-14-13-5-3-2-4-11(13)8-15-17-14;/h2*2-9H,1H3;/q2*-1;+2/b2*16-9+;. The van der Waals surface area contributed by atoms with Crippen LogP contribution >= 0.6 is 0 Å². The Morgan fingerprint density at radius 2 is 1.05 bits per heavy atom. The van der Waals surface area contributed by atoms with Crippen LogP contribution in [0.5, 0.6) is 0 Å². The van der Waals surface area contributed by atoms with Crippen molar-refractivity contribution in [2.24, 2.45) is 10.2 Å². The van der Waals surface area contributed by atoms with Crippen LogP contribution in [0.2, 0.25) is 0 Å². The molecule has 0 spiro atoms. The third kappa shape index (κ3) is 7.12. The van der Waals surface area contributed by atoms with Gasteiger partial charge in [0, 0.05) is 12.4 Å². The Hall–Kier alpha value is -4.89. The summed E-state index contributed by atoms with van der Waals surface area (Å²) in [6.45, 7) is 3.76. The van der Waals surface area contributed by atoms with Crippen LogP contribution in [-0.2, 0) is 16.5 Å². The van der Waals surface area contributed by atoms with Gasteiger partial charge < -0.3 is 29.9 Å². The Kier molecular flexibility index (Phi) is 9.10. The maximum atomic E-state index is 5.36. The molecule has 0 aliphatic heterocycles. The van der Waals surface area contributed by atoms with E-state index in [2.05, 4.69) is 41.4 Å². The second-order valence-corrected chi connectivity index (χ2v) is 8.10. The smallest absolute Gasteiger partial charge is 0.460 e. The van der Waals surface area contributed by atoms with Crippen molar-refractivity contribution >= 4 is 45.6 Å². The number of benzene rings is 2. The molecule has 4 heterocycles. The summed E-state index contributed by atoms with van der Waals surface area (Å²) in [5, 5.41) is 27.5. The van der Waals surface area contributed by atoms with E-state index in [1.807, 2.05) is 86.6 Å². The van der Waals surface area contributed by atoms with Crippen LogP contribution in [0.3, 0.4) is 0 Å². The molecule has 0 aliphatic carbocycles. The van der Waals surface area contributed by atoms with Crippen molar-refractivity contribution < 1.29 is 25.3 Å². The molecule has 0 unspecified atom stereocenters. The summed E-state index contributed by atoms with van der Waals surface area (Å²) in [4.78, 5) is 0. The zero-order chi connectivity index (χ0) is 26.2. The molecule has 0 aliphatic rings. The number of rotatable bonds is 6. The van der Waals surface area contributed by atoms with Crippen molar-refractivity contribution in [2.45, 2.75) is 13.8 Å². The van der Waals surface area contributed by atoms with Crippen LogP contribution in [0, 0.1) is 13.8 Å². The van der Waals surface area contributed by atoms with Crippen molar-refractivity contribution in [2.75, 3.05) is 0 Å². The van der Waals surface area contributed by atoms with Crippen LogP contribution in [-0.4, -0.2) is 32.8 Å². The fourth-order valence-electron chi connectivity index (χ4n) is 3.50. The van der Waals surface area contributed by atoms with E-state index in [-0.39, 0.29) is 16.5 Å². The number of hydrogen-bond donors (Lipinski definition) is 0. The largest absolute Gasteiger partial charge is 2.00 e. The van der Waals surface area contributed by atoms with Crippen molar-refractivity contribution in [1.82, 2.24) is 20.4 Å². The molecule has 0 amide bonds. The summed E-state index contributed by atoms with van der Waals surface area (Å²) in [5.41, 5.74) is 8.15. The first-order valence-corrected chi connectivity index (χ1v) is 11.7. The molecule has 0 atom stereocenters. The van der Waals surface area contributed by atoms with Crippen LogP contribution in [0.25, 0.3) is 32.4 Å². The quantitative estimate of drug-likeness (QED) is 0.121. The number of hydrogen-bond acceptors (Lipinski definition) is 8. The Morgan fingerprint density at radius 3 is 1.46 bits per heavy atom. The molecular weight excluding hydrogens is 539 g/mol. The molecule has 39 heavy (non-hydrogen) atoms. The fourth-order valence-corrected chi connectivity index (χ4v) is 3.50. The van der Waals surface area contributed by atoms with Crippen LogP contribution in [0.4, 0.5) is 11.6 Å². The van der Waals surface area contributed by atoms with Gasteiger partial charge in [-0.3, -0.25) is 20.4 Å². The fraction of sp³-hybridized carbons (Fsp3) is 0.0714. The number of aromatic nitrogens is 4. The molecule has 6 rings (SSSR count). The summed E-state index contributed by atoms with van der Waals surface area (Å²) in [6, 6.07) is 23.0. The second kappa shape index (κ2) is 13.1. The van der Waals surface area contributed by atoms with E-state index in [9.17, 15) is 0 Å². The van der Waals surface area contributed by atoms with Crippen molar-refractivity contribution in [3.8, 4) is 0 Å². The number of nitrogens with zero attached hydrogens (tertiary/aromatic N) is 8. The van der Waals surface area contributed by atoms with Gasteiger partial charge in [-0.1, -0.05) is 48.5 Å². The van der Waals surface area contributed by atoms with E-state index in [1.54, 1.807) is 24.8 Å². The minimum Gasteiger partial charge on any atom is -0.460 e. The molecule has 0 radical (unpaired) electrons. The number of furan rings is 2. The van der Waals surface area contributed by atoms with Gasteiger partial charge >= 0.3 is 16.5 Å². The minimum atomic E-state index is 0. The monoisotopic (exact) mass is 560 g/mol. The molecule has 0 saturated carbocycles. The van der Waals surface area contributed by atoms with E-state index in [0.717, 1.165) is 33.1 Å². The van der Waals surface area contributed by atoms with Crippen LogP contribution in [0.1, 0.15) is 23.0 Å². The average Bonchev–Trinajstić information content (AvgIpc) is 3.56. The molecule has 0 bridgehead atoms. The average molecular weight is 561 g/mol. The van der Waals surface area contributed by atoms with Crippen molar-refractivity contribution in [1.29, 1.82) is 0 Å². The summed E-state index contributed by atoms with van der Waals surface area (Å²) < 4.78 is 10.7. The van der Waals surface area contributed by atoms with Gasteiger partial charge in [0.05, 0.1) is 12.4 Å². The molecule has 196 valence electrons. The van der Waals surface area contributed by atoms with Gasteiger partial charge in [0.1, 0.15) is 23.0 Å². The van der Waals surface area contributed by atoms with Gasteiger partial charge in [0.25, 0.3) is 0 Å². The van der Waals surface area contributed by atoms with E-state index in [0.29, 0.717) is 23.2 Å². The first-order valence-electron chi connectivity index (χ1n) is 11.7. The normalized spacial score (nSPS) is 10.9. The van der Waals surface area contributed by atoms with Gasteiger partial charge in [-0.05, 0) is 71.3 Å². The molecule has 0 saturated heterocycles. The molecule has 0 fully saturated rings. The SMILES string of the molecule is Cc1ccc(/C=N/[N-]c2nncc3ccccc23)o1.Cc1ccc(/C=N/[N-]c2nncc3ccccc23)o1.[Ni+2]. The predicted molar refractivity (Wildman–Crippen MR) is 147 cm³/mol. The molecule has 6 aromatic rings. The Labute approximate surface area is 234 Å². The van der Waals surface area contributed by atoms with E-state index in [4.69, 9.17) is 8.83 Å². The van der Waals surface area contributed by atoms with Gasteiger partial charge in [-0.25, -0.2) is 0 Å². The molecule has 10 nitrogen and oxygen atoms in total. The van der Waals surface area contributed by atoms with Gasteiger partial charge in [-0.15, -0.1) is 0 Å². The van der Waals surface area contributed by atoms with Crippen molar-refractivity contribution in [3.63, 3.8) is 0 Å². The molecule has 0 N–H and O–H groups in total. The Morgan fingerprint density at radius 1 is 0.615 bits per heavy atom. The third-order valence-electron chi connectivity index (χ3n) is 5.30. The minimum absolute atomic E-state index is 0.